The molecule has 2 aliphatic heterocycles. The van der Waals surface area contributed by atoms with Gasteiger partial charge in [0.05, 0.1) is 31.8 Å². The number of carbonyl (C=O) groups excluding carboxylic acids is 1. The summed E-state index contributed by atoms with van der Waals surface area (Å²) in [5, 5.41) is 0. The highest BCUT2D eigenvalue weighted by Crippen LogP contribution is 2.36. The molecule has 4 heteroatoms. The Morgan fingerprint density at radius 1 is 1.33 bits per heavy atom. The molecule has 3 rings (SSSR count). The molecule has 3 atom stereocenters. The second kappa shape index (κ2) is 6.26. The van der Waals surface area contributed by atoms with Crippen LogP contribution in [0.5, 0.6) is 0 Å². The highest BCUT2D eigenvalue weighted by Gasteiger charge is 2.44. The number of rotatable bonds is 3. The van der Waals surface area contributed by atoms with E-state index in [1.807, 2.05) is 25.1 Å². The van der Waals surface area contributed by atoms with Gasteiger partial charge in [0.25, 0.3) is 0 Å². The molecule has 21 heavy (non-hydrogen) atoms. The third-order valence-electron chi connectivity index (χ3n) is 4.11. The van der Waals surface area contributed by atoms with Gasteiger partial charge in [-0.15, -0.1) is 0 Å². The monoisotopic (exact) mass is 290 g/mol. The largest absolute Gasteiger partial charge is 0.371 e. The maximum absolute atomic E-state index is 11.7. The molecule has 0 bridgehead atoms. The Labute approximate surface area is 125 Å². The van der Waals surface area contributed by atoms with Crippen LogP contribution in [0.4, 0.5) is 0 Å². The predicted molar refractivity (Wildman–Crippen MR) is 77.7 cm³/mol. The van der Waals surface area contributed by atoms with E-state index >= 15 is 0 Å². The lowest BCUT2D eigenvalue weighted by Gasteiger charge is -2.43. The van der Waals surface area contributed by atoms with Crippen LogP contribution < -0.4 is 0 Å². The molecule has 2 fully saturated rings. The van der Waals surface area contributed by atoms with Gasteiger partial charge in [0.2, 0.25) is 0 Å². The van der Waals surface area contributed by atoms with Gasteiger partial charge in [-0.3, -0.25) is 4.79 Å². The highest BCUT2D eigenvalue weighted by molar-refractivity contribution is 5.80. The Hall–Kier alpha value is -1.23. The van der Waals surface area contributed by atoms with E-state index in [9.17, 15) is 4.79 Å². The van der Waals surface area contributed by atoms with E-state index in [2.05, 4.69) is 12.1 Å². The summed E-state index contributed by atoms with van der Waals surface area (Å²) in [6, 6.07) is 10.1. The normalized spacial score (nSPS) is 33.3. The van der Waals surface area contributed by atoms with Gasteiger partial charge in [-0.2, -0.15) is 0 Å². The van der Waals surface area contributed by atoms with Crippen LogP contribution in [-0.4, -0.2) is 30.4 Å². The minimum Gasteiger partial charge on any atom is -0.371 e. The van der Waals surface area contributed by atoms with Gasteiger partial charge >= 0.3 is 0 Å². The number of carbonyl (C=O) groups is 1. The van der Waals surface area contributed by atoms with Gasteiger partial charge in [-0.05, 0) is 18.9 Å². The second-order valence-corrected chi connectivity index (χ2v) is 6.03. The molecular formula is C17H22O4. The molecule has 0 radical (unpaired) electrons. The number of Topliss-reactive ketones (excluding diaryl/α,β-unsaturated/α-hetero) is 1. The SMILES string of the molecule is C[C@H]1CC(=O)C[C@@]2(CC[C@H](OCc3ccccc3)CO2)O1. The summed E-state index contributed by atoms with van der Waals surface area (Å²) in [6.07, 6.45) is 2.50. The van der Waals surface area contributed by atoms with Crippen LogP contribution in [0.1, 0.15) is 38.2 Å². The summed E-state index contributed by atoms with van der Waals surface area (Å²) in [5.74, 6) is -0.459. The zero-order chi connectivity index (χ0) is 14.7. The van der Waals surface area contributed by atoms with Crippen LogP contribution in [0.3, 0.4) is 0 Å². The first-order valence-corrected chi connectivity index (χ1v) is 7.64. The summed E-state index contributed by atoms with van der Waals surface area (Å²) in [4.78, 5) is 11.7. The Balaban J connectivity index is 1.50. The maximum Gasteiger partial charge on any atom is 0.175 e. The fraction of sp³-hybridized carbons (Fsp3) is 0.588. The minimum absolute atomic E-state index is 0.0481. The standard InChI is InChI=1S/C17H22O4/c1-13-9-15(18)10-17(21-13)8-7-16(12-20-17)19-11-14-5-3-2-4-6-14/h2-6,13,16H,7-12H2,1H3/t13-,16-,17+/m0/s1. The van der Waals surface area contributed by atoms with Gasteiger partial charge in [-0.1, -0.05) is 30.3 Å². The molecule has 0 aromatic heterocycles. The lowest BCUT2D eigenvalue weighted by molar-refractivity contribution is -0.298. The second-order valence-electron chi connectivity index (χ2n) is 6.03. The molecule has 1 spiro atoms. The van der Waals surface area contributed by atoms with Crippen LogP contribution in [-0.2, 0) is 25.6 Å². The van der Waals surface area contributed by atoms with E-state index in [1.165, 1.54) is 0 Å². The zero-order valence-electron chi connectivity index (χ0n) is 12.4. The van der Waals surface area contributed by atoms with Crippen molar-refractivity contribution in [1.82, 2.24) is 0 Å². The van der Waals surface area contributed by atoms with E-state index in [-0.39, 0.29) is 18.0 Å². The van der Waals surface area contributed by atoms with E-state index in [0.717, 1.165) is 18.4 Å². The number of benzene rings is 1. The molecule has 0 aliphatic carbocycles. The first-order chi connectivity index (χ1) is 10.2. The molecule has 0 saturated carbocycles. The number of hydrogen-bond acceptors (Lipinski definition) is 4. The fourth-order valence-corrected chi connectivity index (χ4v) is 3.08. The molecule has 0 amide bonds. The smallest absolute Gasteiger partial charge is 0.175 e. The van der Waals surface area contributed by atoms with Crippen molar-refractivity contribution in [1.29, 1.82) is 0 Å². The molecule has 0 N–H and O–H groups in total. The van der Waals surface area contributed by atoms with Crippen LogP contribution in [0.15, 0.2) is 30.3 Å². The molecule has 2 aliphatic rings. The Morgan fingerprint density at radius 2 is 2.14 bits per heavy atom. The highest BCUT2D eigenvalue weighted by atomic mass is 16.7. The Morgan fingerprint density at radius 3 is 2.81 bits per heavy atom. The lowest BCUT2D eigenvalue weighted by atomic mass is 9.93. The molecule has 2 saturated heterocycles. The summed E-state index contributed by atoms with van der Waals surface area (Å²) in [5.41, 5.74) is 1.16. The van der Waals surface area contributed by atoms with Crippen molar-refractivity contribution in [2.24, 2.45) is 0 Å². The quantitative estimate of drug-likeness (QED) is 0.858. The maximum atomic E-state index is 11.7. The Kier molecular flexibility index (Phi) is 4.38. The van der Waals surface area contributed by atoms with Crippen molar-refractivity contribution < 1.29 is 19.0 Å². The minimum atomic E-state index is -0.693. The van der Waals surface area contributed by atoms with Gasteiger partial charge in [0.15, 0.2) is 5.79 Å². The summed E-state index contributed by atoms with van der Waals surface area (Å²) >= 11 is 0. The summed E-state index contributed by atoms with van der Waals surface area (Å²) < 4.78 is 17.7. The first kappa shape index (κ1) is 14.7. The fourth-order valence-electron chi connectivity index (χ4n) is 3.08. The van der Waals surface area contributed by atoms with Gasteiger partial charge in [-0.25, -0.2) is 0 Å². The summed E-state index contributed by atoms with van der Waals surface area (Å²) in [6.45, 7) is 3.02. The zero-order valence-corrected chi connectivity index (χ0v) is 12.4. The van der Waals surface area contributed by atoms with Crippen molar-refractivity contribution in [3.8, 4) is 0 Å². The van der Waals surface area contributed by atoms with Crippen molar-refractivity contribution in [2.45, 2.75) is 57.2 Å². The van der Waals surface area contributed by atoms with Crippen molar-refractivity contribution >= 4 is 5.78 Å². The number of ketones is 1. The van der Waals surface area contributed by atoms with Crippen LogP contribution >= 0.6 is 0 Å². The molecule has 2 heterocycles. The van der Waals surface area contributed by atoms with Gasteiger partial charge in [0, 0.05) is 12.8 Å². The predicted octanol–water partition coefficient (Wildman–Crippen LogP) is 2.85. The third kappa shape index (κ3) is 3.70. The van der Waals surface area contributed by atoms with Gasteiger partial charge < -0.3 is 14.2 Å². The van der Waals surface area contributed by atoms with E-state index in [4.69, 9.17) is 14.2 Å². The van der Waals surface area contributed by atoms with Crippen LogP contribution in [0.25, 0.3) is 0 Å². The van der Waals surface area contributed by atoms with Crippen LogP contribution in [0, 0.1) is 0 Å². The Bertz CT molecular complexity index is 477. The van der Waals surface area contributed by atoms with E-state index in [0.29, 0.717) is 26.1 Å². The van der Waals surface area contributed by atoms with Crippen LogP contribution in [0.2, 0.25) is 0 Å². The summed E-state index contributed by atoms with van der Waals surface area (Å²) in [7, 11) is 0. The molecular weight excluding hydrogens is 268 g/mol. The average Bonchev–Trinajstić information content (AvgIpc) is 2.47. The molecule has 4 nitrogen and oxygen atoms in total. The molecule has 0 unspecified atom stereocenters. The van der Waals surface area contributed by atoms with Crippen molar-refractivity contribution in [3.63, 3.8) is 0 Å². The number of ether oxygens (including phenoxy) is 3. The number of hydrogen-bond donors (Lipinski definition) is 0. The van der Waals surface area contributed by atoms with E-state index in [1.54, 1.807) is 0 Å². The van der Waals surface area contributed by atoms with Crippen molar-refractivity contribution in [2.75, 3.05) is 6.61 Å². The van der Waals surface area contributed by atoms with E-state index < -0.39 is 5.79 Å². The van der Waals surface area contributed by atoms with Crippen molar-refractivity contribution in [3.05, 3.63) is 35.9 Å². The average molecular weight is 290 g/mol. The molecule has 1 aromatic carbocycles. The molecule has 114 valence electrons. The third-order valence-corrected chi connectivity index (χ3v) is 4.11. The topological polar surface area (TPSA) is 44.8 Å². The molecule has 1 aromatic rings. The lowest BCUT2D eigenvalue weighted by Crippen LogP contribution is -2.50. The first-order valence-electron chi connectivity index (χ1n) is 7.64. The van der Waals surface area contributed by atoms with Gasteiger partial charge in [0.1, 0.15) is 5.78 Å².